The average Bonchev–Trinajstić information content (AvgIpc) is 2.55. The molecule has 0 radical (unpaired) electrons. The minimum atomic E-state index is -1.19. The van der Waals surface area contributed by atoms with Crippen molar-refractivity contribution in [2.24, 2.45) is 0 Å². The number of nitrogens with zero attached hydrogens (tertiary/aromatic N) is 2. The second-order valence-electron chi connectivity index (χ2n) is 4.28. The molecular weight excluding hydrogens is 294 g/mol. The van der Waals surface area contributed by atoms with Crippen LogP contribution in [0.15, 0.2) is 36.8 Å². The lowest BCUT2D eigenvalue weighted by molar-refractivity contribution is -0.122. The van der Waals surface area contributed by atoms with Crippen molar-refractivity contribution in [2.75, 3.05) is 7.05 Å². The molecule has 0 aliphatic heterocycles. The molecule has 0 spiro atoms. The summed E-state index contributed by atoms with van der Waals surface area (Å²) in [4.78, 5) is 31.5. The molecule has 6 nitrogen and oxygen atoms in total. The molecule has 8 heteroatoms. The van der Waals surface area contributed by atoms with Crippen LogP contribution in [0.1, 0.15) is 22.1 Å². The van der Waals surface area contributed by atoms with Crippen molar-refractivity contribution in [1.82, 2.24) is 20.6 Å². The SMILES string of the molecule is CNC(=O)C(NC(=O)c1cnccn1)c1ccc(F)c(F)c1. The summed E-state index contributed by atoms with van der Waals surface area (Å²) in [6, 6.07) is 1.77. The summed E-state index contributed by atoms with van der Waals surface area (Å²) in [5.74, 6) is -3.39. The van der Waals surface area contributed by atoms with Crippen molar-refractivity contribution in [1.29, 1.82) is 0 Å². The van der Waals surface area contributed by atoms with E-state index in [1.54, 1.807) is 0 Å². The Morgan fingerprint density at radius 1 is 1.18 bits per heavy atom. The molecule has 0 bridgehead atoms. The lowest BCUT2D eigenvalue weighted by Gasteiger charge is -2.17. The predicted octanol–water partition coefficient (Wildman–Crippen LogP) is 0.972. The fourth-order valence-corrected chi connectivity index (χ4v) is 1.76. The van der Waals surface area contributed by atoms with Crippen molar-refractivity contribution in [3.63, 3.8) is 0 Å². The highest BCUT2D eigenvalue weighted by atomic mass is 19.2. The Morgan fingerprint density at radius 2 is 1.95 bits per heavy atom. The molecule has 0 saturated carbocycles. The van der Waals surface area contributed by atoms with Crippen molar-refractivity contribution >= 4 is 11.8 Å². The summed E-state index contributed by atoms with van der Waals surface area (Å²) >= 11 is 0. The molecule has 0 aliphatic carbocycles. The van der Waals surface area contributed by atoms with Crippen LogP contribution >= 0.6 is 0 Å². The number of halogens is 2. The second kappa shape index (κ2) is 6.70. The lowest BCUT2D eigenvalue weighted by atomic mass is 10.1. The van der Waals surface area contributed by atoms with E-state index in [1.165, 1.54) is 31.7 Å². The van der Waals surface area contributed by atoms with Gasteiger partial charge in [-0.2, -0.15) is 0 Å². The molecule has 1 aromatic carbocycles. The van der Waals surface area contributed by atoms with E-state index in [4.69, 9.17) is 0 Å². The van der Waals surface area contributed by atoms with Crippen LogP contribution in [0.2, 0.25) is 0 Å². The zero-order valence-electron chi connectivity index (χ0n) is 11.5. The third-order valence-electron chi connectivity index (χ3n) is 2.86. The Balaban J connectivity index is 2.29. The smallest absolute Gasteiger partial charge is 0.272 e. The maximum absolute atomic E-state index is 13.3. The topological polar surface area (TPSA) is 84.0 Å². The highest BCUT2D eigenvalue weighted by molar-refractivity contribution is 5.96. The van der Waals surface area contributed by atoms with Gasteiger partial charge in [0.15, 0.2) is 11.6 Å². The molecule has 2 aromatic rings. The molecule has 2 rings (SSSR count). The van der Waals surface area contributed by atoms with E-state index < -0.39 is 29.5 Å². The molecule has 0 fully saturated rings. The average molecular weight is 306 g/mol. The van der Waals surface area contributed by atoms with Crippen LogP contribution in [0.5, 0.6) is 0 Å². The summed E-state index contributed by atoms with van der Waals surface area (Å²) in [6.45, 7) is 0. The van der Waals surface area contributed by atoms with E-state index in [1.807, 2.05) is 0 Å². The lowest BCUT2D eigenvalue weighted by Crippen LogP contribution is -2.39. The highest BCUT2D eigenvalue weighted by Gasteiger charge is 2.24. The van der Waals surface area contributed by atoms with Gasteiger partial charge in [-0.15, -0.1) is 0 Å². The van der Waals surface area contributed by atoms with Crippen LogP contribution in [-0.4, -0.2) is 28.8 Å². The van der Waals surface area contributed by atoms with Crippen LogP contribution in [-0.2, 0) is 4.79 Å². The van der Waals surface area contributed by atoms with Gasteiger partial charge in [0.1, 0.15) is 11.7 Å². The third-order valence-corrected chi connectivity index (χ3v) is 2.86. The monoisotopic (exact) mass is 306 g/mol. The van der Waals surface area contributed by atoms with Gasteiger partial charge in [0.2, 0.25) is 5.91 Å². The Morgan fingerprint density at radius 3 is 2.55 bits per heavy atom. The van der Waals surface area contributed by atoms with Crippen LogP contribution in [0, 0.1) is 11.6 Å². The number of nitrogens with one attached hydrogen (secondary N) is 2. The maximum atomic E-state index is 13.3. The fraction of sp³-hybridized carbons (Fsp3) is 0.143. The zero-order valence-corrected chi connectivity index (χ0v) is 11.5. The van der Waals surface area contributed by atoms with Crippen molar-refractivity contribution in [2.45, 2.75) is 6.04 Å². The van der Waals surface area contributed by atoms with Gasteiger partial charge in [-0.05, 0) is 17.7 Å². The molecule has 22 heavy (non-hydrogen) atoms. The fourth-order valence-electron chi connectivity index (χ4n) is 1.76. The largest absolute Gasteiger partial charge is 0.357 e. The van der Waals surface area contributed by atoms with Gasteiger partial charge >= 0.3 is 0 Å². The number of rotatable bonds is 4. The van der Waals surface area contributed by atoms with E-state index in [0.29, 0.717) is 0 Å². The standard InChI is InChI=1S/C14H12F2N4O2/c1-17-14(22)12(8-2-3-9(15)10(16)6-8)20-13(21)11-7-18-4-5-19-11/h2-7,12H,1H3,(H,17,22)(H,20,21). The summed E-state index contributed by atoms with van der Waals surface area (Å²) in [6.07, 6.45) is 3.94. The van der Waals surface area contributed by atoms with Gasteiger partial charge in [-0.3, -0.25) is 14.6 Å². The Labute approximate surface area is 124 Å². The van der Waals surface area contributed by atoms with Crippen LogP contribution in [0.25, 0.3) is 0 Å². The summed E-state index contributed by atoms with van der Waals surface area (Å²) in [5, 5.41) is 4.75. The first kappa shape index (κ1) is 15.5. The molecular formula is C14H12F2N4O2. The van der Waals surface area contributed by atoms with Crippen LogP contribution in [0.4, 0.5) is 8.78 Å². The first-order valence-corrected chi connectivity index (χ1v) is 6.26. The molecule has 1 heterocycles. The maximum Gasteiger partial charge on any atom is 0.272 e. The van der Waals surface area contributed by atoms with Crippen molar-refractivity contribution in [3.8, 4) is 0 Å². The van der Waals surface area contributed by atoms with E-state index in [0.717, 1.165) is 12.1 Å². The molecule has 1 unspecified atom stereocenters. The van der Waals surface area contributed by atoms with Crippen molar-refractivity contribution in [3.05, 3.63) is 59.7 Å². The van der Waals surface area contributed by atoms with E-state index in [-0.39, 0.29) is 11.3 Å². The molecule has 0 aliphatic rings. The summed E-state index contributed by atoms with van der Waals surface area (Å²) in [5.41, 5.74) is 0.106. The Hall–Kier alpha value is -2.90. The van der Waals surface area contributed by atoms with Gasteiger partial charge in [-0.1, -0.05) is 6.07 Å². The van der Waals surface area contributed by atoms with Crippen LogP contribution < -0.4 is 10.6 Å². The number of carbonyl (C=O) groups excluding carboxylic acids is 2. The first-order valence-electron chi connectivity index (χ1n) is 6.26. The first-order chi connectivity index (χ1) is 10.5. The number of benzene rings is 1. The van der Waals surface area contributed by atoms with E-state index in [2.05, 4.69) is 20.6 Å². The molecule has 1 atom stereocenters. The van der Waals surface area contributed by atoms with Crippen LogP contribution in [0.3, 0.4) is 0 Å². The Kier molecular flexibility index (Phi) is 4.72. The van der Waals surface area contributed by atoms with Gasteiger partial charge in [0, 0.05) is 19.4 Å². The number of hydrogen-bond donors (Lipinski definition) is 2. The minimum Gasteiger partial charge on any atom is -0.357 e. The number of hydrogen-bond acceptors (Lipinski definition) is 4. The number of likely N-dealkylation sites (N-methyl/N-ethyl adjacent to an activating group) is 1. The molecule has 1 aromatic heterocycles. The third kappa shape index (κ3) is 3.40. The van der Waals surface area contributed by atoms with Gasteiger partial charge in [0.25, 0.3) is 5.91 Å². The number of amides is 2. The Bertz CT molecular complexity index is 694. The van der Waals surface area contributed by atoms with Gasteiger partial charge in [-0.25, -0.2) is 13.8 Å². The molecule has 0 saturated heterocycles. The van der Waals surface area contributed by atoms with Gasteiger partial charge < -0.3 is 10.6 Å². The number of carbonyl (C=O) groups is 2. The quantitative estimate of drug-likeness (QED) is 0.881. The zero-order chi connectivity index (χ0) is 16.1. The second-order valence-corrected chi connectivity index (χ2v) is 4.28. The highest BCUT2D eigenvalue weighted by Crippen LogP contribution is 2.17. The molecule has 2 N–H and O–H groups in total. The molecule has 114 valence electrons. The number of aromatic nitrogens is 2. The van der Waals surface area contributed by atoms with Gasteiger partial charge in [0.05, 0.1) is 6.20 Å². The van der Waals surface area contributed by atoms with E-state index in [9.17, 15) is 18.4 Å². The normalized spacial score (nSPS) is 11.6. The van der Waals surface area contributed by atoms with Crippen molar-refractivity contribution < 1.29 is 18.4 Å². The predicted molar refractivity (Wildman–Crippen MR) is 72.7 cm³/mol. The summed E-state index contributed by atoms with van der Waals surface area (Å²) in [7, 11) is 1.36. The summed E-state index contributed by atoms with van der Waals surface area (Å²) < 4.78 is 26.3. The minimum absolute atomic E-state index is 0.000938. The molecule has 2 amide bonds. The van der Waals surface area contributed by atoms with E-state index >= 15 is 0 Å².